The van der Waals surface area contributed by atoms with Crippen LogP contribution in [0.15, 0.2) is 39.9 Å². The molecule has 7 heteroatoms. The predicted octanol–water partition coefficient (Wildman–Crippen LogP) is 2.00. The number of pyridine rings is 2. The fourth-order valence-electron chi connectivity index (χ4n) is 2.70. The number of rotatable bonds is 3. The Kier molecular flexibility index (Phi) is 4.77. The minimum Gasteiger partial charge on any atom is -0.352 e. The van der Waals surface area contributed by atoms with Crippen molar-refractivity contribution in [1.82, 2.24) is 14.5 Å². The van der Waals surface area contributed by atoms with Gasteiger partial charge >= 0.3 is 0 Å². The Bertz CT molecular complexity index is 756. The van der Waals surface area contributed by atoms with Crippen LogP contribution in [0.1, 0.15) is 5.56 Å². The first-order valence-corrected chi connectivity index (χ1v) is 8.26. The van der Waals surface area contributed by atoms with Crippen LogP contribution >= 0.6 is 15.9 Å². The first-order valence-electron chi connectivity index (χ1n) is 7.47. The van der Waals surface area contributed by atoms with Crippen LogP contribution in [0.3, 0.4) is 0 Å². The molecule has 0 unspecified atom stereocenters. The lowest BCUT2D eigenvalue weighted by Gasteiger charge is -2.35. The van der Waals surface area contributed by atoms with Gasteiger partial charge in [-0.1, -0.05) is 0 Å². The topological polar surface area (TPSA) is 41.4 Å². The predicted molar refractivity (Wildman–Crippen MR) is 91.1 cm³/mol. The van der Waals surface area contributed by atoms with Crippen molar-refractivity contribution in [3.63, 3.8) is 0 Å². The first kappa shape index (κ1) is 16.1. The molecule has 1 aliphatic rings. The second-order valence-corrected chi connectivity index (χ2v) is 6.62. The molecule has 23 heavy (non-hydrogen) atoms. The van der Waals surface area contributed by atoms with E-state index < -0.39 is 0 Å². The minimum atomic E-state index is -0.306. The van der Waals surface area contributed by atoms with Crippen molar-refractivity contribution in [3.05, 3.63) is 56.8 Å². The van der Waals surface area contributed by atoms with Crippen LogP contribution in [0, 0.1) is 5.82 Å². The van der Waals surface area contributed by atoms with E-state index in [2.05, 4.69) is 25.8 Å². The fraction of sp³-hybridized carbons (Fsp3) is 0.375. The van der Waals surface area contributed by atoms with Gasteiger partial charge in [0.2, 0.25) is 0 Å². The molecule has 0 atom stereocenters. The molecule has 0 radical (unpaired) electrons. The van der Waals surface area contributed by atoms with Crippen molar-refractivity contribution < 1.29 is 4.39 Å². The number of piperazine rings is 1. The summed E-state index contributed by atoms with van der Waals surface area (Å²) in [5, 5.41) is 0. The summed E-state index contributed by atoms with van der Waals surface area (Å²) < 4.78 is 16.2. The third-order valence-corrected chi connectivity index (χ3v) is 4.47. The number of hydrogen-bond acceptors (Lipinski definition) is 4. The zero-order chi connectivity index (χ0) is 16.4. The molecule has 0 spiro atoms. The van der Waals surface area contributed by atoms with Gasteiger partial charge in [-0.25, -0.2) is 9.37 Å². The molecule has 3 rings (SSSR count). The second kappa shape index (κ2) is 6.80. The third kappa shape index (κ3) is 3.79. The summed E-state index contributed by atoms with van der Waals surface area (Å²) in [6.45, 7) is 3.80. The summed E-state index contributed by atoms with van der Waals surface area (Å²) in [5.41, 5.74) is 1.01. The van der Waals surface area contributed by atoms with Crippen molar-refractivity contribution in [2.24, 2.45) is 7.05 Å². The summed E-state index contributed by atoms with van der Waals surface area (Å²) in [5.74, 6) is 0.0980. The molecule has 1 saturated heterocycles. The van der Waals surface area contributed by atoms with Crippen LogP contribution in [0.4, 0.5) is 10.2 Å². The van der Waals surface area contributed by atoms with E-state index in [-0.39, 0.29) is 11.4 Å². The molecule has 0 bridgehead atoms. The Hall–Kier alpha value is -1.73. The van der Waals surface area contributed by atoms with E-state index in [4.69, 9.17) is 0 Å². The molecule has 5 nitrogen and oxygen atoms in total. The van der Waals surface area contributed by atoms with Gasteiger partial charge in [0.05, 0.1) is 0 Å². The summed E-state index contributed by atoms with van der Waals surface area (Å²) in [4.78, 5) is 20.1. The molecule has 0 amide bonds. The van der Waals surface area contributed by atoms with Crippen LogP contribution in [-0.2, 0) is 13.6 Å². The summed E-state index contributed by atoms with van der Waals surface area (Å²) in [6.07, 6.45) is 3.40. The highest BCUT2D eigenvalue weighted by Gasteiger charge is 2.20. The van der Waals surface area contributed by atoms with Gasteiger partial charge in [-0.3, -0.25) is 9.69 Å². The highest BCUT2D eigenvalue weighted by atomic mass is 79.9. The molecule has 0 saturated carbocycles. The molecular weight excluding hydrogens is 363 g/mol. The van der Waals surface area contributed by atoms with Crippen LogP contribution in [0.2, 0.25) is 0 Å². The van der Waals surface area contributed by atoms with Crippen LogP contribution < -0.4 is 10.5 Å². The molecule has 2 aromatic rings. The molecule has 3 heterocycles. The maximum absolute atomic E-state index is 14.0. The number of nitrogens with zero attached hydrogens (tertiary/aromatic N) is 4. The number of anilines is 1. The molecule has 0 aromatic carbocycles. The number of hydrogen-bond donors (Lipinski definition) is 0. The number of halogens is 2. The molecule has 0 N–H and O–H groups in total. The average molecular weight is 381 g/mol. The van der Waals surface area contributed by atoms with Crippen molar-refractivity contribution in [2.75, 3.05) is 31.1 Å². The molecule has 0 aliphatic carbocycles. The Balaban J connectivity index is 1.62. The zero-order valence-corrected chi connectivity index (χ0v) is 14.5. The summed E-state index contributed by atoms with van der Waals surface area (Å²) in [6, 6.07) is 5.07. The zero-order valence-electron chi connectivity index (χ0n) is 12.9. The minimum absolute atomic E-state index is 0.00210. The van der Waals surface area contributed by atoms with Gasteiger partial charge in [-0.15, -0.1) is 0 Å². The van der Waals surface area contributed by atoms with Crippen LogP contribution in [0.5, 0.6) is 0 Å². The summed E-state index contributed by atoms with van der Waals surface area (Å²) >= 11 is 3.22. The standard InChI is InChI=1S/C16H18BrFN4O/c1-20-3-2-12(8-15(20)23)11-21-4-6-22(7-5-21)16-14(18)9-13(17)10-19-16/h2-3,8-10H,4-7,11H2,1H3. The van der Waals surface area contributed by atoms with E-state index in [1.165, 1.54) is 6.07 Å². The van der Waals surface area contributed by atoms with Gasteiger partial charge in [0.25, 0.3) is 5.56 Å². The van der Waals surface area contributed by atoms with Gasteiger partial charge in [-0.2, -0.15) is 0 Å². The Morgan fingerprint density at radius 3 is 2.65 bits per heavy atom. The van der Waals surface area contributed by atoms with Crippen LogP contribution in [0.25, 0.3) is 0 Å². The van der Waals surface area contributed by atoms with E-state index in [9.17, 15) is 9.18 Å². The fourth-order valence-corrected chi connectivity index (χ4v) is 3.01. The molecule has 2 aromatic heterocycles. The van der Waals surface area contributed by atoms with Gasteiger partial charge in [0.15, 0.2) is 11.6 Å². The second-order valence-electron chi connectivity index (χ2n) is 5.71. The Morgan fingerprint density at radius 1 is 1.26 bits per heavy atom. The van der Waals surface area contributed by atoms with Crippen molar-refractivity contribution >= 4 is 21.7 Å². The van der Waals surface area contributed by atoms with Gasteiger partial charge in [0, 0.05) is 62.7 Å². The Labute approximate surface area is 142 Å². The molecule has 122 valence electrons. The van der Waals surface area contributed by atoms with E-state index in [1.54, 1.807) is 30.1 Å². The maximum atomic E-state index is 14.0. The van der Waals surface area contributed by atoms with E-state index in [1.807, 2.05) is 11.0 Å². The average Bonchev–Trinajstić information content (AvgIpc) is 2.52. The first-order chi connectivity index (χ1) is 11.0. The van der Waals surface area contributed by atoms with E-state index >= 15 is 0 Å². The largest absolute Gasteiger partial charge is 0.352 e. The van der Waals surface area contributed by atoms with Crippen LogP contribution in [-0.4, -0.2) is 40.6 Å². The quantitative estimate of drug-likeness (QED) is 0.816. The normalized spacial score (nSPS) is 15.9. The van der Waals surface area contributed by atoms with Gasteiger partial charge in [-0.05, 0) is 33.6 Å². The lowest BCUT2D eigenvalue weighted by atomic mass is 10.2. The van der Waals surface area contributed by atoms with Crippen molar-refractivity contribution in [2.45, 2.75) is 6.54 Å². The maximum Gasteiger partial charge on any atom is 0.250 e. The van der Waals surface area contributed by atoms with E-state index in [0.717, 1.165) is 38.3 Å². The SMILES string of the molecule is Cn1ccc(CN2CCN(c3ncc(Br)cc3F)CC2)cc1=O. The molecule has 1 aliphatic heterocycles. The number of aromatic nitrogens is 2. The summed E-state index contributed by atoms with van der Waals surface area (Å²) in [7, 11) is 1.74. The highest BCUT2D eigenvalue weighted by molar-refractivity contribution is 9.10. The molecular formula is C16H18BrFN4O. The van der Waals surface area contributed by atoms with E-state index in [0.29, 0.717) is 10.3 Å². The monoisotopic (exact) mass is 380 g/mol. The van der Waals surface area contributed by atoms with Gasteiger partial charge in [0.1, 0.15) is 0 Å². The highest BCUT2D eigenvalue weighted by Crippen LogP contribution is 2.21. The molecule has 1 fully saturated rings. The number of aryl methyl sites for hydroxylation is 1. The lowest BCUT2D eigenvalue weighted by Crippen LogP contribution is -2.46. The van der Waals surface area contributed by atoms with Crippen molar-refractivity contribution in [1.29, 1.82) is 0 Å². The third-order valence-electron chi connectivity index (χ3n) is 4.04. The van der Waals surface area contributed by atoms with Crippen molar-refractivity contribution in [3.8, 4) is 0 Å². The lowest BCUT2D eigenvalue weighted by molar-refractivity contribution is 0.248. The Morgan fingerprint density at radius 2 is 2.00 bits per heavy atom. The van der Waals surface area contributed by atoms with Gasteiger partial charge < -0.3 is 9.47 Å². The smallest absolute Gasteiger partial charge is 0.250 e.